The minimum absolute atomic E-state index is 0.104. The Kier molecular flexibility index (Phi) is 2.74. The van der Waals surface area contributed by atoms with E-state index in [4.69, 9.17) is 9.47 Å². The van der Waals surface area contributed by atoms with Gasteiger partial charge in [0.1, 0.15) is 17.6 Å². The van der Waals surface area contributed by atoms with Crippen molar-refractivity contribution in [2.24, 2.45) is 0 Å². The van der Waals surface area contributed by atoms with Crippen LogP contribution in [0.1, 0.15) is 47.5 Å². The number of hydrogen-bond acceptors (Lipinski definition) is 4. The van der Waals surface area contributed by atoms with E-state index in [0.717, 1.165) is 5.69 Å². The molecule has 1 unspecified atom stereocenters. The fourth-order valence-corrected chi connectivity index (χ4v) is 2.82. The van der Waals surface area contributed by atoms with Crippen molar-refractivity contribution in [2.45, 2.75) is 31.4 Å². The highest BCUT2D eigenvalue weighted by atomic mass is 16.5. The van der Waals surface area contributed by atoms with Crippen LogP contribution >= 0.6 is 0 Å². The number of ketones is 1. The highest BCUT2D eigenvalue weighted by Gasteiger charge is 2.33. The van der Waals surface area contributed by atoms with Gasteiger partial charge in [0, 0.05) is 12.1 Å². The summed E-state index contributed by atoms with van der Waals surface area (Å²) in [6.45, 7) is 0. The van der Waals surface area contributed by atoms with E-state index in [2.05, 4.69) is 9.55 Å². The molecule has 5 nitrogen and oxygen atoms in total. The van der Waals surface area contributed by atoms with Gasteiger partial charge in [-0.15, -0.1) is 0 Å². The Hall–Kier alpha value is -2.30. The quantitative estimate of drug-likeness (QED) is 0.869. The maximum absolute atomic E-state index is 12.3. The van der Waals surface area contributed by atoms with Gasteiger partial charge >= 0.3 is 0 Å². The van der Waals surface area contributed by atoms with Crippen molar-refractivity contribution in [3.05, 3.63) is 42.0 Å². The van der Waals surface area contributed by atoms with Gasteiger partial charge < -0.3 is 14.0 Å². The van der Waals surface area contributed by atoms with Crippen molar-refractivity contribution >= 4 is 5.78 Å². The molecule has 0 bridgehead atoms. The van der Waals surface area contributed by atoms with Gasteiger partial charge in [-0.05, 0) is 25.0 Å². The van der Waals surface area contributed by atoms with E-state index in [9.17, 15) is 4.79 Å². The zero-order valence-corrected chi connectivity index (χ0v) is 11.8. The number of carbonyl (C=O) groups is 1. The van der Waals surface area contributed by atoms with Crippen molar-refractivity contribution in [3.63, 3.8) is 0 Å². The van der Waals surface area contributed by atoms with Crippen LogP contribution in [0, 0.1) is 0 Å². The Balaban J connectivity index is 1.69. The summed E-state index contributed by atoms with van der Waals surface area (Å²) in [5.41, 5.74) is 1.61. The molecule has 1 saturated carbocycles. The lowest BCUT2D eigenvalue weighted by molar-refractivity contribution is 0.0839. The van der Waals surface area contributed by atoms with Gasteiger partial charge in [0.05, 0.1) is 37.3 Å². The number of benzene rings is 1. The van der Waals surface area contributed by atoms with Crippen LogP contribution in [0.4, 0.5) is 0 Å². The molecule has 2 heterocycles. The van der Waals surface area contributed by atoms with Crippen molar-refractivity contribution in [1.29, 1.82) is 0 Å². The number of methoxy groups -OCH3 is 1. The molecule has 108 valence electrons. The van der Waals surface area contributed by atoms with E-state index in [0.29, 0.717) is 29.5 Å². The van der Waals surface area contributed by atoms with Crippen LogP contribution in [0.25, 0.3) is 0 Å². The van der Waals surface area contributed by atoms with Crippen molar-refractivity contribution < 1.29 is 14.3 Å². The summed E-state index contributed by atoms with van der Waals surface area (Å²) in [7, 11) is 1.60. The molecular weight excluding hydrogens is 268 g/mol. The lowest BCUT2D eigenvalue weighted by Crippen LogP contribution is -2.22. The second-order valence-electron chi connectivity index (χ2n) is 5.55. The van der Waals surface area contributed by atoms with Gasteiger partial charge in [-0.1, -0.05) is 0 Å². The first kappa shape index (κ1) is 12.4. The van der Waals surface area contributed by atoms with Gasteiger partial charge in [-0.2, -0.15) is 0 Å². The van der Waals surface area contributed by atoms with E-state index >= 15 is 0 Å². The van der Waals surface area contributed by atoms with Crippen molar-refractivity contribution in [1.82, 2.24) is 9.55 Å². The molecule has 4 rings (SSSR count). The van der Waals surface area contributed by atoms with E-state index in [1.54, 1.807) is 31.5 Å². The second kappa shape index (κ2) is 4.62. The average Bonchev–Trinajstić information content (AvgIpc) is 3.23. The topological polar surface area (TPSA) is 53.4 Å². The first-order valence-electron chi connectivity index (χ1n) is 7.16. The van der Waals surface area contributed by atoms with E-state index < -0.39 is 0 Å². The van der Waals surface area contributed by atoms with Crippen molar-refractivity contribution in [3.8, 4) is 11.5 Å². The minimum atomic E-state index is -0.264. The van der Waals surface area contributed by atoms with Gasteiger partial charge in [0.2, 0.25) is 0 Å². The van der Waals surface area contributed by atoms with Gasteiger partial charge in [-0.25, -0.2) is 4.98 Å². The maximum Gasteiger partial charge on any atom is 0.170 e. The van der Waals surface area contributed by atoms with E-state index in [1.165, 1.54) is 12.8 Å². The molecule has 0 saturated heterocycles. The van der Waals surface area contributed by atoms with Crippen LogP contribution in [0.5, 0.6) is 11.5 Å². The van der Waals surface area contributed by atoms with Crippen LogP contribution in [0.3, 0.4) is 0 Å². The molecule has 0 N–H and O–H groups in total. The summed E-state index contributed by atoms with van der Waals surface area (Å²) in [5.74, 6) is 1.39. The molecule has 5 heteroatoms. The van der Waals surface area contributed by atoms with Gasteiger partial charge in [-0.3, -0.25) is 4.79 Å². The molecule has 1 aliphatic heterocycles. The number of hydrogen-bond donors (Lipinski definition) is 0. The zero-order valence-electron chi connectivity index (χ0n) is 11.8. The van der Waals surface area contributed by atoms with Crippen LogP contribution in [-0.2, 0) is 0 Å². The molecule has 21 heavy (non-hydrogen) atoms. The summed E-state index contributed by atoms with van der Waals surface area (Å²) in [6.07, 6.45) is 6.09. The smallest absolute Gasteiger partial charge is 0.170 e. The minimum Gasteiger partial charge on any atom is -0.497 e. The van der Waals surface area contributed by atoms with Crippen molar-refractivity contribution in [2.75, 3.05) is 7.11 Å². The summed E-state index contributed by atoms with van der Waals surface area (Å²) < 4.78 is 13.4. The molecule has 1 aromatic heterocycles. The Bertz CT molecular complexity index is 703. The lowest BCUT2D eigenvalue weighted by Gasteiger charge is -2.26. The number of Topliss-reactive ketones (excluding diaryl/α,β-unsaturated/α-hetero) is 1. The Morgan fingerprint density at radius 3 is 3.00 bits per heavy atom. The third-order valence-corrected chi connectivity index (χ3v) is 4.10. The number of fused-ring (bicyclic) bond motifs is 1. The van der Waals surface area contributed by atoms with E-state index in [1.807, 2.05) is 6.33 Å². The third-order valence-electron chi connectivity index (χ3n) is 4.10. The molecule has 1 fully saturated rings. The largest absolute Gasteiger partial charge is 0.497 e. The highest BCUT2D eigenvalue weighted by Crippen LogP contribution is 2.41. The summed E-state index contributed by atoms with van der Waals surface area (Å²) in [6, 6.07) is 5.85. The Morgan fingerprint density at radius 2 is 2.24 bits per heavy atom. The molecule has 2 aliphatic rings. The number of aromatic nitrogens is 2. The number of imidazole rings is 1. The van der Waals surface area contributed by atoms with Crippen LogP contribution < -0.4 is 9.47 Å². The first-order valence-corrected chi connectivity index (χ1v) is 7.16. The Labute approximate surface area is 122 Å². The summed E-state index contributed by atoms with van der Waals surface area (Å²) >= 11 is 0. The monoisotopic (exact) mass is 284 g/mol. The number of rotatable bonds is 3. The molecule has 2 aromatic rings. The number of nitrogens with zero attached hydrogens (tertiary/aromatic N) is 2. The predicted octanol–water partition coefficient (Wildman–Crippen LogP) is 2.93. The highest BCUT2D eigenvalue weighted by molar-refractivity contribution is 6.00. The van der Waals surface area contributed by atoms with Crippen LogP contribution in [-0.4, -0.2) is 22.4 Å². The molecule has 0 amide bonds. The molecule has 0 radical (unpaired) electrons. The fraction of sp³-hybridized carbons (Fsp3) is 0.375. The zero-order chi connectivity index (χ0) is 14.4. The van der Waals surface area contributed by atoms with Gasteiger partial charge in [0.15, 0.2) is 5.78 Å². The standard InChI is InChI=1S/C16H16N2O3/c1-20-11-4-5-12-14(19)7-16(21-15(12)6-11)13-8-17-9-18(13)10-2-3-10/h4-6,8-10,16H,2-3,7H2,1H3. The lowest BCUT2D eigenvalue weighted by atomic mass is 9.99. The maximum atomic E-state index is 12.3. The molecule has 1 atom stereocenters. The molecular formula is C16H16N2O3. The second-order valence-corrected chi connectivity index (χ2v) is 5.55. The first-order chi connectivity index (χ1) is 10.3. The number of carbonyl (C=O) groups excluding carboxylic acids is 1. The SMILES string of the molecule is COc1ccc2c(c1)OC(c1cncn1C1CC1)CC2=O. The summed E-state index contributed by atoms with van der Waals surface area (Å²) in [5, 5.41) is 0. The van der Waals surface area contributed by atoms with Gasteiger partial charge in [0.25, 0.3) is 0 Å². The summed E-state index contributed by atoms with van der Waals surface area (Å²) in [4.78, 5) is 16.6. The predicted molar refractivity (Wildman–Crippen MR) is 75.8 cm³/mol. The molecule has 1 aromatic carbocycles. The molecule has 0 spiro atoms. The van der Waals surface area contributed by atoms with E-state index in [-0.39, 0.29) is 11.9 Å². The average molecular weight is 284 g/mol. The number of ether oxygens (including phenoxy) is 2. The molecule has 1 aliphatic carbocycles. The van der Waals surface area contributed by atoms with Crippen LogP contribution in [0.2, 0.25) is 0 Å². The normalized spacial score (nSPS) is 20.8. The Morgan fingerprint density at radius 1 is 1.38 bits per heavy atom. The fourth-order valence-electron chi connectivity index (χ4n) is 2.82. The van der Waals surface area contributed by atoms with Crippen LogP contribution in [0.15, 0.2) is 30.7 Å². The third kappa shape index (κ3) is 2.09.